The summed E-state index contributed by atoms with van der Waals surface area (Å²) in [6.45, 7) is 4.07. The summed E-state index contributed by atoms with van der Waals surface area (Å²) in [6, 6.07) is 5.63. The highest BCUT2D eigenvalue weighted by molar-refractivity contribution is 5.81. The van der Waals surface area contributed by atoms with Crippen molar-refractivity contribution in [3.05, 3.63) is 23.8 Å². The number of rotatable bonds is 7. The fraction of sp³-hybridized carbons (Fsp3) is 0.526. The standard InChI is InChI=1S/C19H26N6O3/c1-12-6-8-14(9-7-12)15(10-25(28)11-26)18(27)22-24-19-20-17-13(2)4-3-5-16(17)21-23-19/h3-5,11-12,14-15,28H,6-10H2,1-2H3,(H,22,27)(H,20,23,24). The van der Waals surface area contributed by atoms with Gasteiger partial charge in [0.05, 0.1) is 18.0 Å². The van der Waals surface area contributed by atoms with E-state index in [0.29, 0.717) is 28.4 Å². The van der Waals surface area contributed by atoms with Crippen LogP contribution in [0.15, 0.2) is 18.2 Å². The summed E-state index contributed by atoms with van der Waals surface area (Å²) in [5.41, 5.74) is 7.66. The molecule has 0 radical (unpaired) electrons. The van der Waals surface area contributed by atoms with Gasteiger partial charge in [-0.05, 0) is 43.2 Å². The quantitative estimate of drug-likeness (QED) is 0.378. The van der Waals surface area contributed by atoms with Crippen LogP contribution >= 0.6 is 0 Å². The van der Waals surface area contributed by atoms with Crippen molar-refractivity contribution < 1.29 is 14.8 Å². The Labute approximate surface area is 163 Å². The van der Waals surface area contributed by atoms with Gasteiger partial charge in [0.25, 0.3) is 5.95 Å². The van der Waals surface area contributed by atoms with E-state index >= 15 is 0 Å². The zero-order valence-corrected chi connectivity index (χ0v) is 16.1. The average Bonchev–Trinajstić information content (AvgIpc) is 2.71. The Balaban J connectivity index is 1.69. The number of carbonyl (C=O) groups excluding carboxylic acids is 2. The predicted molar refractivity (Wildman–Crippen MR) is 103 cm³/mol. The molecule has 3 N–H and O–H groups in total. The van der Waals surface area contributed by atoms with Crippen molar-refractivity contribution in [2.75, 3.05) is 12.0 Å². The number of nitrogens with one attached hydrogen (secondary N) is 2. The summed E-state index contributed by atoms with van der Waals surface area (Å²) in [5.74, 6) is 0.0851. The van der Waals surface area contributed by atoms with Gasteiger partial charge < -0.3 is 0 Å². The molecule has 1 fully saturated rings. The molecule has 150 valence electrons. The monoisotopic (exact) mass is 386 g/mol. The lowest BCUT2D eigenvalue weighted by Gasteiger charge is -2.32. The average molecular weight is 386 g/mol. The summed E-state index contributed by atoms with van der Waals surface area (Å²) in [7, 11) is 0. The minimum absolute atomic E-state index is 0.0496. The molecule has 0 aliphatic heterocycles. The number of nitrogens with zero attached hydrogens (tertiary/aromatic N) is 4. The van der Waals surface area contributed by atoms with Crippen LogP contribution in [0.1, 0.15) is 38.2 Å². The number of hydrogen-bond acceptors (Lipinski definition) is 7. The van der Waals surface area contributed by atoms with Crippen LogP contribution in [-0.4, -0.2) is 44.3 Å². The Hall–Kier alpha value is -2.81. The number of aromatic nitrogens is 3. The second-order valence-electron chi connectivity index (χ2n) is 7.55. The van der Waals surface area contributed by atoms with Gasteiger partial charge in [0.15, 0.2) is 0 Å². The molecule has 1 unspecified atom stereocenters. The number of fused-ring (bicyclic) bond motifs is 1. The third-order valence-corrected chi connectivity index (χ3v) is 5.46. The van der Waals surface area contributed by atoms with Gasteiger partial charge in [-0.15, -0.1) is 10.2 Å². The molecule has 1 aromatic carbocycles. The number of aryl methyl sites for hydroxylation is 1. The van der Waals surface area contributed by atoms with Crippen LogP contribution < -0.4 is 10.9 Å². The molecule has 3 rings (SSSR count). The van der Waals surface area contributed by atoms with E-state index in [1.165, 1.54) is 0 Å². The van der Waals surface area contributed by atoms with Crippen LogP contribution in [0.25, 0.3) is 11.0 Å². The Morgan fingerprint density at radius 3 is 2.79 bits per heavy atom. The van der Waals surface area contributed by atoms with Crippen molar-refractivity contribution >= 4 is 29.3 Å². The second-order valence-corrected chi connectivity index (χ2v) is 7.55. The van der Waals surface area contributed by atoms with E-state index in [2.05, 4.69) is 33.0 Å². The lowest BCUT2D eigenvalue weighted by atomic mass is 9.76. The number of amides is 2. The molecule has 28 heavy (non-hydrogen) atoms. The summed E-state index contributed by atoms with van der Waals surface area (Å²) >= 11 is 0. The number of hydrazine groups is 1. The zero-order chi connectivity index (χ0) is 20.1. The number of hydroxylamine groups is 2. The molecule has 0 saturated heterocycles. The van der Waals surface area contributed by atoms with E-state index in [1.54, 1.807) is 0 Å². The van der Waals surface area contributed by atoms with Crippen LogP contribution in [0.3, 0.4) is 0 Å². The van der Waals surface area contributed by atoms with Crippen molar-refractivity contribution in [2.45, 2.75) is 39.5 Å². The molecule has 0 bridgehead atoms. The largest absolute Gasteiger partial charge is 0.286 e. The Bertz CT molecular complexity index is 838. The van der Waals surface area contributed by atoms with E-state index in [-0.39, 0.29) is 24.3 Å². The van der Waals surface area contributed by atoms with E-state index in [9.17, 15) is 14.8 Å². The molecule has 1 aliphatic carbocycles. The Kier molecular flexibility index (Phi) is 6.35. The van der Waals surface area contributed by atoms with Gasteiger partial charge in [-0.3, -0.25) is 25.6 Å². The molecule has 0 spiro atoms. The smallest absolute Gasteiger partial charge is 0.262 e. The number of carbonyl (C=O) groups is 2. The molecule has 1 saturated carbocycles. The van der Waals surface area contributed by atoms with Gasteiger partial charge in [0.2, 0.25) is 12.3 Å². The van der Waals surface area contributed by atoms with Crippen LogP contribution in [-0.2, 0) is 9.59 Å². The van der Waals surface area contributed by atoms with Gasteiger partial charge in [0.1, 0.15) is 5.52 Å². The van der Waals surface area contributed by atoms with Crippen molar-refractivity contribution in [2.24, 2.45) is 17.8 Å². The van der Waals surface area contributed by atoms with Crippen LogP contribution in [0.2, 0.25) is 0 Å². The molecular formula is C19H26N6O3. The molecule has 1 heterocycles. The van der Waals surface area contributed by atoms with Crippen LogP contribution in [0, 0.1) is 24.7 Å². The molecular weight excluding hydrogens is 360 g/mol. The molecule has 1 aliphatic rings. The zero-order valence-electron chi connectivity index (χ0n) is 16.1. The lowest BCUT2D eigenvalue weighted by Crippen LogP contribution is -2.44. The maximum absolute atomic E-state index is 12.8. The van der Waals surface area contributed by atoms with Crippen LogP contribution in [0.5, 0.6) is 0 Å². The first-order valence-corrected chi connectivity index (χ1v) is 9.54. The summed E-state index contributed by atoms with van der Waals surface area (Å²) in [4.78, 5) is 28.0. The molecule has 2 amide bonds. The predicted octanol–water partition coefficient (Wildman–Crippen LogP) is 2.07. The van der Waals surface area contributed by atoms with Gasteiger partial charge in [-0.25, -0.2) is 10.0 Å². The molecule has 1 aromatic heterocycles. The fourth-order valence-electron chi connectivity index (χ4n) is 3.74. The first-order chi connectivity index (χ1) is 13.5. The highest BCUT2D eigenvalue weighted by Crippen LogP contribution is 2.33. The van der Waals surface area contributed by atoms with Crippen LogP contribution in [0.4, 0.5) is 5.95 Å². The summed E-state index contributed by atoms with van der Waals surface area (Å²) in [6.07, 6.45) is 4.16. The SMILES string of the molecule is Cc1cccc2nnc(NNC(=O)C(CN(O)C=O)C3CCC(C)CC3)nc12. The molecule has 9 nitrogen and oxygen atoms in total. The number of hydrogen-bond donors (Lipinski definition) is 3. The third kappa shape index (κ3) is 4.72. The highest BCUT2D eigenvalue weighted by Gasteiger charge is 2.32. The topological polar surface area (TPSA) is 120 Å². The Morgan fingerprint density at radius 1 is 1.32 bits per heavy atom. The van der Waals surface area contributed by atoms with Crippen molar-refractivity contribution in [3.8, 4) is 0 Å². The van der Waals surface area contributed by atoms with Gasteiger partial charge in [-0.1, -0.05) is 31.9 Å². The van der Waals surface area contributed by atoms with E-state index in [1.807, 2.05) is 25.1 Å². The van der Waals surface area contributed by atoms with E-state index in [4.69, 9.17) is 0 Å². The minimum Gasteiger partial charge on any atom is -0.286 e. The number of benzene rings is 1. The third-order valence-electron chi connectivity index (χ3n) is 5.46. The molecule has 2 aromatic rings. The fourth-order valence-corrected chi connectivity index (χ4v) is 3.74. The first-order valence-electron chi connectivity index (χ1n) is 9.54. The minimum atomic E-state index is -0.523. The summed E-state index contributed by atoms with van der Waals surface area (Å²) in [5, 5.41) is 18.2. The van der Waals surface area contributed by atoms with Gasteiger partial charge in [-0.2, -0.15) is 0 Å². The Morgan fingerprint density at radius 2 is 2.07 bits per heavy atom. The van der Waals surface area contributed by atoms with Crippen molar-refractivity contribution in [3.63, 3.8) is 0 Å². The second kappa shape index (κ2) is 8.92. The molecule has 9 heteroatoms. The normalized spacial score (nSPS) is 20.4. The van der Waals surface area contributed by atoms with E-state index in [0.717, 1.165) is 31.2 Å². The highest BCUT2D eigenvalue weighted by atomic mass is 16.5. The summed E-state index contributed by atoms with van der Waals surface area (Å²) < 4.78 is 0. The first kappa shape index (κ1) is 19.9. The number of anilines is 1. The van der Waals surface area contributed by atoms with Gasteiger partial charge >= 0.3 is 0 Å². The maximum atomic E-state index is 12.8. The van der Waals surface area contributed by atoms with E-state index < -0.39 is 5.92 Å². The number of para-hydroxylation sites is 1. The van der Waals surface area contributed by atoms with Gasteiger partial charge in [0, 0.05) is 0 Å². The maximum Gasteiger partial charge on any atom is 0.262 e. The molecule has 1 atom stereocenters. The lowest BCUT2D eigenvalue weighted by molar-refractivity contribution is -0.156. The van der Waals surface area contributed by atoms with Crippen molar-refractivity contribution in [1.82, 2.24) is 25.7 Å². The van der Waals surface area contributed by atoms with Crippen molar-refractivity contribution in [1.29, 1.82) is 0 Å².